The topological polar surface area (TPSA) is 47.3 Å². The van der Waals surface area contributed by atoms with Crippen molar-refractivity contribution in [2.75, 3.05) is 7.11 Å². The van der Waals surface area contributed by atoms with E-state index in [4.69, 9.17) is 10.6 Å². The number of hydrazine groups is 1. The van der Waals surface area contributed by atoms with Crippen LogP contribution in [-0.2, 0) is 12.8 Å². The maximum absolute atomic E-state index is 12.9. The molecule has 0 heterocycles. The van der Waals surface area contributed by atoms with Gasteiger partial charge in [0, 0.05) is 10.5 Å². The Morgan fingerprint density at radius 2 is 1.90 bits per heavy atom. The van der Waals surface area contributed by atoms with E-state index in [1.807, 2.05) is 18.2 Å². The molecule has 0 aliphatic heterocycles. The highest BCUT2D eigenvalue weighted by Gasteiger charge is 2.12. The van der Waals surface area contributed by atoms with Crippen LogP contribution in [-0.4, -0.2) is 13.2 Å². The van der Waals surface area contributed by atoms with Gasteiger partial charge in [-0.15, -0.1) is 0 Å². The molecule has 1 atom stereocenters. The Morgan fingerprint density at radius 1 is 1.19 bits per heavy atom. The van der Waals surface area contributed by atoms with Crippen LogP contribution in [0.15, 0.2) is 46.9 Å². The average Bonchev–Trinajstić information content (AvgIpc) is 2.50. The van der Waals surface area contributed by atoms with Crippen LogP contribution < -0.4 is 16.0 Å². The van der Waals surface area contributed by atoms with E-state index in [2.05, 4.69) is 21.4 Å². The number of halogens is 2. The van der Waals surface area contributed by atoms with Gasteiger partial charge in [0.25, 0.3) is 0 Å². The summed E-state index contributed by atoms with van der Waals surface area (Å²) in [4.78, 5) is 0. The fraction of sp³-hybridized carbons (Fsp3) is 0.250. The number of hydrogen-bond acceptors (Lipinski definition) is 3. The maximum atomic E-state index is 12.9. The van der Waals surface area contributed by atoms with E-state index in [9.17, 15) is 4.39 Å². The summed E-state index contributed by atoms with van der Waals surface area (Å²) in [5, 5.41) is 0. The van der Waals surface area contributed by atoms with E-state index < -0.39 is 0 Å². The molecule has 2 aromatic carbocycles. The lowest BCUT2D eigenvalue weighted by Crippen LogP contribution is -2.38. The molecule has 2 aromatic rings. The third kappa shape index (κ3) is 4.52. The molecule has 2 rings (SSSR count). The van der Waals surface area contributed by atoms with Gasteiger partial charge in [-0.25, -0.2) is 4.39 Å². The lowest BCUT2D eigenvalue weighted by molar-refractivity contribution is 0.413. The van der Waals surface area contributed by atoms with Crippen molar-refractivity contribution in [2.45, 2.75) is 18.9 Å². The first-order valence-corrected chi connectivity index (χ1v) is 7.44. The summed E-state index contributed by atoms with van der Waals surface area (Å²) < 4.78 is 19.2. The summed E-state index contributed by atoms with van der Waals surface area (Å²) in [6.45, 7) is 0. The van der Waals surface area contributed by atoms with Crippen LogP contribution in [0.1, 0.15) is 11.1 Å². The van der Waals surface area contributed by atoms with Crippen molar-refractivity contribution < 1.29 is 9.13 Å². The maximum Gasteiger partial charge on any atom is 0.123 e. The van der Waals surface area contributed by atoms with E-state index in [1.54, 1.807) is 19.2 Å². The average molecular weight is 353 g/mol. The third-order valence-electron chi connectivity index (χ3n) is 3.35. The Labute approximate surface area is 132 Å². The molecule has 0 bridgehead atoms. The zero-order chi connectivity index (χ0) is 15.2. The summed E-state index contributed by atoms with van der Waals surface area (Å²) in [5.41, 5.74) is 4.97. The van der Waals surface area contributed by atoms with Crippen LogP contribution in [0.5, 0.6) is 5.75 Å². The van der Waals surface area contributed by atoms with Crippen molar-refractivity contribution in [1.82, 2.24) is 5.43 Å². The van der Waals surface area contributed by atoms with Gasteiger partial charge < -0.3 is 4.74 Å². The summed E-state index contributed by atoms with van der Waals surface area (Å²) in [5.74, 6) is 6.23. The predicted molar refractivity (Wildman–Crippen MR) is 85.6 cm³/mol. The van der Waals surface area contributed by atoms with Crippen molar-refractivity contribution in [3.8, 4) is 5.75 Å². The first-order chi connectivity index (χ1) is 10.1. The second-order valence-electron chi connectivity index (χ2n) is 4.86. The second kappa shape index (κ2) is 7.54. The minimum atomic E-state index is -0.230. The third-order valence-corrected chi connectivity index (χ3v) is 4.12. The lowest BCUT2D eigenvalue weighted by atomic mass is 9.99. The number of nitrogens with two attached hydrogens (primary N) is 1. The van der Waals surface area contributed by atoms with Gasteiger partial charge in [-0.3, -0.25) is 11.3 Å². The smallest absolute Gasteiger partial charge is 0.123 e. The molecule has 0 radical (unpaired) electrons. The highest BCUT2D eigenvalue weighted by atomic mass is 79.9. The van der Waals surface area contributed by atoms with Crippen LogP contribution >= 0.6 is 15.9 Å². The lowest BCUT2D eigenvalue weighted by Gasteiger charge is -2.17. The van der Waals surface area contributed by atoms with E-state index in [1.165, 1.54) is 12.1 Å². The molecule has 0 fully saturated rings. The standard InChI is InChI=1S/C16H18BrFN2O/c1-21-15-6-7-16(17)12(10-15)9-14(20-19)8-11-2-4-13(18)5-3-11/h2-7,10,14,20H,8-9,19H2,1H3. The van der Waals surface area contributed by atoms with Gasteiger partial charge in [-0.2, -0.15) is 0 Å². The SMILES string of the molecule is COc1ccc(Br)c(CC(Cc2ccc(F)cc2)NN)c1. The molecule has 21 heavy (non-hydrogen) atoms. The first-order valence-electron chi connectivity index (χ1n) is 6.65. The molecular weight excluding hydrogens is 335 g/mol. The van der Waals surface area contributed by atoms with E-state index in [0.29, 0.717) is 0 Å². The Balaban J connectivity index is 2.10. The molecule has 1 unspecified atom stereocenters. The minimum absolute atomic E-state index is 0.0545. The second-order valence-corrected chi connectivity index (χ2v) is 5.71. The van der Waals surface area contributed by atoms with E-state index >= 15 is 0 Å². The number of rotatable bonds is 6. The van der Waals surface area contributed by atoms with Crippen LogP contribution in [0.25, 0.3) is 0 Å². The van der Waals surface area contributed by atoms with Crippen molar-refractivity contribution in [2.24, 2.45) is 5.84 Å². The molecule has 0 saturated carbocycles. The molecule has 0 amide bonds. The highest BCUT2D eigenvalue weighted by molar-refractivity contribution is 9.10. The van der Waals surface area contributed by atoms with Crippen LogP contribution in [0, 0.1) is 5.82 Å². The van der Waals surface area contributed by atoms with Gasteiger partial charge in [-0.1, -0.05) is 28.1 Å². The first kappa shape index (κ1) is 15.9. The normalized spacial score (nSPS) is 12.2. The van der Waals surface area contributed by atoms with Crippen molar-refractivity contribution in [1.29, 1.82) is 0 Å². The number of hydrogen-bond donors (Lipinski definition) is 2. The highest BCUT2D eigenvalue weighted by Crippen LogP contribution is 2.24. The van der Waals surface area contributed by atoms with Gasteiger partial charge in [0.2, 0.25) is 0 Å². The van der Waals surface area contributed by atoms with Crippen molar-refractivity contribution in [3.05, 3.63) is 63.9 Å². The van der Waals surface area contributed by atoms with Gasteiger partial charge in [-0.05, 0) is 54.3 Å². The van der Waals surface area contributed by atoms with Crippen molar-refractivity contribution >= 4 is 15.9 Å². The van der Waals surface area contributed by atoms with Crippen LogP contribution in [0.2, 0.25) is 0 Å². The van der Waals surface area contributed by atoms with Crippen LogP contribution in [0.4, 0.5) is 4.39 Å². The van der Waals surface area contributed by atoms with Gasteiger partial charge in [0.1, 0.15) is 11.6 Å². The minimum Gasteiger partial charge on any atom is -0.497 e. The number of nitrogens with one attached hydrogen (secondary N) is 1. The Hall–Kier alpha value is -1.43. The number of benzene rings is 2. The molecule has 0 spiro atoms. The summed E-state index contributed by atoms with van der Waals surface area (Å²) in [6, 6.07) is 12.4. The fourth-order valence-corrected chi connectivity index (χ4v) is 2.60. The fourth-order valence-electron chi connectivity index (χ4n) is 2.19. The largest absolute Gasteiger partial charge is 0.497 e. The monoisotopic (exact) mass is 352 g/mol. The zero-order valence-electron chi connectivity index (χ0n) is 11.8. The predicted octanol–water partition coefficient (Wildman–Crippen LogP) is 3.21. The van der Waals surface area contributed by atoms with E-state index in [-0.39, 0.29) is 11.9 Å². The molecule has 112 valence electrons. The summed E-state index contributed by atoms with van der Waals surface area (Å²) in [6.07, 6.45) is 1.46. The molecule has 0 aromatic heterocycles. The van der Waals surface area contributed by atoms with Gasteiger partial charge >= 0.3 is 0 Å². The molecule has 0 aliphatic rings. The summed E-state index contributed by atoms with van der Waals surface area (Å²) >= 11 is 3.54. The van der Waals surface area contributed by atoms with Crippen LogP contribution in [0.3, 0.4) is 0 Å². The molecule has 0 aliphatic carbocycles. The van der Waals surface area contributed by atoms with Gasteiger partial charge in [0.05, 0.1) is 7.11 Å². The Kier molecular flexibility index (Phi) is 5.73. The summed E-state index contributed by atoms with van der Waals surface area (Å²) in [7, 11) is 1.64. The molecule has 5 heteroatoms. The molecule has 0 saturated heterocycles. The van der Waals surface area contributed by atoms with Gasteiger partial charge in [0.15, 0.2) is 0 Å². The Morgan fingerprint density at radius 3 is 2.52 bits per heavy atom. The number of methoxy groups -OCH3 is 1. The number of ether oxygens (including phenoxy) is 1. The zero-order valence-corrected chi connectivity index (χ0v) is 13.4. The molecule has 3 nitrogen and oxygen atoms in total. The quantitative estimate of drug-likeness (QED) is 0.619. The van der Waals surface area contributed by atoms with E-state index in [0.717, 1.165) is 34.2 Å². The van der Waals surface area contributed by atoms with Crippen molar-refractivity contribution in [3.63, 3.8) is 0 Å². The Bertz CT molecular complexity index is 589. The molecular formula is C16H18BrFN2O. The molecule has 3 N–H and O–H groups in total.